The van der Waals surface area contributed by atoms with Crippen LogP contribution in [-0.4, -0.2) is 27.4 Å². The molecular formula is C16H23F3O3Si. The molecule has 0 aliphatic rings. The Morgan fingerprint density at radius 3 is 2.13 bits per heavy atom. The highest BCUT2D eigenvalue weighted by Crippen LogP contribution is 2.38. The van der Waals surface area contributed by atoms with Gasteiger partial charge in [-0.15, -0.1) is 0 Å². The Morgan fingerprint density at radius 2 is 1.70 bits per heavy atom. The first-order valence-electron chi connectivity index (χ1n) is 7.21. The Bertz CT molecular complexity index is 575. The summed E-state index contributed by atoms with van der Waals surface area (Å²) in [6.07, 6.45) is -4.92. The molecular weight excluding hydrogens is 325 g/mol. The lowest BCUT2D eigenvalue weighted by Crippen LogP contribution is -2.43. The number of alkyl halides is 3. The van der Waals surface area contributed by atoms with Gasteiger partial charge < -0.3 is 9.16 Å². The van der Waals surface area contributed by atoms with Crippen molar-refractivity contribution in [3.8, 4) is 5.75 Å². The highest BCUT2D eigenvalue weighted by atomic mass is 28.4. The van der Waals surface area contributed by atoms with E-state index in [-0.39, 0.29) is 17.4 Å². The van der Waals surface area contributed by atoms with Gasteiger partial charge in [0.05, 0.1) is 6.61 Å². The normalized spacial score (nSPS) is 13.1. The van der Waals surface area contributed by atoms with E-state index in [9.17, 15) is 18.0 Å². The molecule has 0 aliphatic carbocycles. The number of carbonyl (C=O) groups is 1. The van der Waals surface area contributed by atoms with Crippen LogP contribution in [0.2, 0.25) is 18.1 Å². The number of hydrogen-bond donors (Lipinski definition) is 0. The number of hydrogen-bond acceptors (Lipinski definition) is 3. The third kappa shape index (κ3) is 5.07. The predicted molar refractivity (Wildman–Crippen MR) is 85.4 cm³/mol. The smallest absolute Gasteiger partial charge is 0.454 e. The number of halogens is 3. The van der Waals surface area contributed by atoms with Crippen LogP contribution < -0.4 is 4.43 Å². The number of Topliss-reactive ketones (excluding diaryl/α,β-unsaturated/α-hetero) is 1. The fraction of sp³-hybridized carbons (Fsp3) is 0.562. The van der Waals surface area contributed by atoms with Crippen molar-refractivity contribution in [1.82, 2.24) is 0 Å². The Morgan fingerprint density at radius 1 is 1.13 bits per heavy atom. The molecule has 1 aromatic rings. The van der Waals surface area contributed by atoms with Gasteiger partial charge in [-0.3, -0.25) is 4.79 Å². The van der Waals surface area contributed by atoms with Gasteiger partial charge in [0.1, 0.15) is 5.75 Å². The first-order valence-corrected chi connectivity index (χ1v) is 10.1. The molecule has 0 saturated carbocycles. The Balaban J connectivity index is 3.28. The predicted octanol–water partition coefficient (Wildman–Crippen LogP) is 4.96. The fourth-order valence-corrected chi connectivity index (χ4v) is 2.73. The lowest BCUT2D eigenvalue weighted by molar-refractivity contribution is -0.0885. The standard InChI is InChI=1S/C16H23F3O3Si/c1-15(2,3)23(5,6)22-13-8-11(10-21-4)7-12(9-13)14(20)16(17,18)19/h7-9H,10H2,1-6H3. The minimum Gasteiger partial charge on any atom is -0.543 e. The number of benzene rings is 1. The molecule has 0 fully saturated rings. The van der Waals surface area contributed by atoms with Crippen molar-refractivity contribution < 1.29 is 27.1 Å². The van der Waals surface area contributed by atoms with E-state index in [1.807, 2.05) is 33.9 Å². The van der Waals surface area contributed by atoms with E-state index in [1.54, 1.807) is 6.07 Å². The van der Waals surface area contributed by atoms with E-state index in [1.165, 1.54) is 13.2 Å². The molecule has 7 heteroatoms. The van der Waals surface area contributed by atoms with Crippen LogP contribution in [0.25, 0.3) is 0 Å². The van der Waals surface area contributed by atoms with Crippen LogP contribution in [0.1, 0.15) is 36.7 Å². The molecule has 0 bridgehead atoms. The zero-order valence-electron chi connectivity index (χ0n) is 14.3. The second-order valence-electron chi connectivity index (χ2n) is 6.99. The number of ketones is 1. The van der Waals surface area contributed by atoms with Gasteiger partial charge in [0.15, 0.2) is 0 Å². The highest BCUT2D eigenvalue weighted by Gasteiger charge is 2.41. The molecule has 0 heterocycles. The van der Waals surface area contributed by atoms with E-state index in [0.717, 1.165) is 6.07 Å². The van der Waals surface area contributed by atoms with Crippen LogP contribution in [0.4, 0.5) is 13.2 Å². The van der Waals surface area contributed by atoms with Crippen molar-refractivity contribution in [3.05, 3.63) is 29.3 Å². The van der Waals surface area contributed by atoms with Crippen LogP contribution in [-0.2, 0) is 11.3 Å². The summed E-state index contributed by atoms with van der Waals surface area (Å²) in [4.78, 5) is 11.5. The van der Waals surface area contributed by atoms with Crippen molar-refractivity contribution in [3.63, 3.8) is 0 Å². The maximum absolute atomic E-state index is 12.7. The fourth-order valence-electron chi connectivity index (χ4n) is 1.71. The van der Waals surface area contributed by atoms with Gasteiger partial charge in [-0.1, -0.05) is 20.8 Å². The molecule has 0 saturated heterocycles. The van der Waals surface area contributed by atoms with Crippen molar-refractivity contribution >= 4 is 14.1 Å². The maximum atomic E-state index is 12.7. The van der Waals surface area contributed by atoms with Crippen LogP contribution in [0, 0.1) is 0 Å². The second kappa shape index (κ2) is 6.65. The lowest BCUT2D eigenvalue weighted by Gasteiger charge is -2.36. The molecule has 3 nitrogen and oxygen atoms in total. The molecule has 1 rings (SSSR count). The quantitative estimate of drug-likeness (QED) is 0.557. The molecule has 0 atom stereocenters. The van der Waals surface area contributed by atoms with Crippen molar-refractivity contribution in [2.75, 3.05) is 7.11 Å². The van der Waals surface area contributed by atoms with E-state index in [2.05, 4.69) is 0 Å². The summed E-state index contributed by atoms with van der Waals surface area (Å²) in [5, 5.41) is -0.113. The van der Waals surface area contributed by atoms with Crippen LogP contribution in [0.5, 0.6) is 5.75 Å². The topological polar surface area (TPSA) is 35.5 Å². The summed E-state index contributed by atoms with van der Waals surface area (Å²) in [7, 11) is -0.791. The summed E-state index contributed by atoms with van der Waals surface area (Å²) in [5.74, 6) is -1.60. The Kier molecular flexibility index (Phi) is 5.69. The minimum atomic E-state index is -4.92. The number of ether oxygens (including phenoxy) is 1. The van der Waals surface area contributed by atoms with Gasteiger partial charge in [-0.2, -0.15) is 13.2 Å². The van der Waals surface area contributed by atoms with E-state index < -0.39 is 25.8 Å². The molecule has 0 spiro atoms. The third-order valence-electron chi connectivity index (χ3n) is 3.98. The highest BCUT2D eigenvalue weighted by molar-refractivity contribution is 6.74. The molecule has 0 N–H and O–H groups in total. The summed E-state index contributed by atoms with van der Waals surface area (Å²) in [5.41, 5.74) is 0.0390. The SMILES string of the molecule is COCc1cc(O[Si](C)(C)C(C)(C)C)cc(C(=O)C(F)(F)F)c1. The maximum Gasteiger partial charge on any atom is 0.454 e. The molecule has 0 unspecified atom stereocenters. The van der Waals surface area contributed by atoms with E-state index in [0.29, 0.717) is 5.56 Å². The van der Waals surface area contributed by atoms with Crippen LogP contribution >= 0.6 is 0 Å². The molecule has 0 amide bonds. The van der Waals surface area contributed by atoms with E-state index >= 15 is 0 Å². The van der Waals surface area contributed by atoms with Crippen molar-refractivity contribution in [2.24, 2.45) is 0 Å². The van der Waals surface area contributed by atoms with Gasteiger partial charge in [0.2, 0.25) is 8.32 Å². The summed E-state index contributed by atoms with van der Waals surface area (Å²) in [6, 6.07) is 3.98. The number of carbonyl (C=O) groups excluding carboxylic acids is 1. The molecule has 23 heavy (non-hydrogen) atoms. The number of methoxy groups -OCH3 is 1. The van der Waals surface area contributed by atoms with Gasteiger partial charge in [-0.05, 0) is 41.9 Å². The molecule has 0 aliphatic heterocycles. The summed E-state index contributed by atoms with van der Waals surface area (Å²) in [6.45, 7) is 10.2. The van der Waals surface area contributed by atoms with Gasteiger partial charge in [0.25, 0.3) is 5.78 Å². The largest absolute Gasteiger partial charge is 0.543 e. The lowest BCUT2D eigenvalue weighted by atomic mass is 10.1. The third-order valence-corrected chi connectivity index (χ3v) is 8.33. The molecule has 130 valence electrons. The zero-order valence-corrected chi connectivity index (χ0v) is 15.3. The number of rotatable bonds is 5. The Labute approximate surface area is 135 Å². The summed E-state index contributed by atoms with van der Waals surface area (Å²) >= 11 is 0. The van der Waals surface area contributed by atoms with Crippen LogP contribution in [0.15, 0.2) is 18.2 Å². The molecule has 0 aromatic heterocycles. The monoisotopic (exact) mass is 348 g/mol. The van der Waals surface area contributed by atoms with Gasteiger partial charge in [0, 0.05) is 12.7 Å². The van der Waals surface area contributed by atoms with Crippen molar-refractivity contribution in [2.45, 2.75) is 51.7 Å². The second-order valence-corrected chi connectivity index (χ2v) is 11.7. The van der Waals surface area contributed by atoms with Gasteiger partial charge in [-0.25, -0.2) is 0 Å². The zero-order chi connectivity index (χ0) is 18.1. The minimum absolute atomic E-state index is 0.104. The van der Waals surface area contributed by atoms with Gasteiger partial charge >= 0.3 is 6.18 Å². The van der Waals surface area contributed by atoms with Crippen LogP contribution in [0.3, 0.4) is 0 Å². The first kappa shape index (κ1) is 19.7. The van der Waals surface area contributed by atoms with Crippen molar-refractivity contribution in [1.29, 1.82) is 0 Å². The molecule has 1 aromatic carbocycles. The van der Waals surface area contributed by atoms with E-state index in [4.69, 9.17) is 9.16 Å². The average Bonchev–Trinajstić information content (AvgIpc) is 2.34. The Hall–Kier alpha value is -1.34. The molecule has 0 radical (unpaired) electrons. The summed E-state index contributed by atoms with van der Waals surface area (Å²) < 4.78 is 49.1. The average molecular weight is 348 g/mol. The first-order chi connectivity index (χ1) is 10.3.